The molecule has 150 valence electrons. The molecule has 4 rings (SSSR count). The minimum Gasteiger partial charge on any atom is -0.394 e. The van der Waals surface area contributed by atoms with Gasteiger partial charge in [0, 0.05) is 5.39 Å². The van der Waals surface area contributed by atoms with Gasteiger partial charge in [0.1, 0.15) is 30.5 Å². The largest absolute Gasteiger partial charge is 0.394 e. The number of rotatable bonds is 2. The third kappa shape index (κ3) is 3.77. The van der Waals surface area contributed by atoms with E-state index in [4.69, 9.17) is 4.74 Å². The molecule has 3 aromatic rings. The normalized spacial score (nSPS) is 26.9. The Morgan fingerprint density at radius 3 is 2.66 bits per heavy atom. The van der Waals surface area contributed by atoms with Crippen molar-refractivity contribution in [2.45, 2.75) is 37.4 Å². The fourth-order valence-corrected chi connectivity index (χ4v) is 3.52. The first-order chi connectivity index (χ1) is 14.0. The van der Waals surface area contributed by atoms with Crippen LogP contribution < -0.4 is 0 Å². The van der Waals surface area contributed by atoms with Gasteiger partial charge in [0.25, 0.3) is 0 Å². The van der Waals surface area contributed by atoms with E-state index in [2.05, 4.69) is 28.1 Å². The number of hydrogen-bond acceptors (Lipinski definition) is 6. The standard InChI is InChI=1S/C22H22N2O5/c1-12-3-2-4-13(7-12)15-8-14(19-16(9-15)10-23-24-19)5-6-17-20(26)22(28)21(27)18(11-25)29-17/h2-4,7-10,17-18,20-22,25-28H,11H2,1H3,(H,23,24)/t17-,18-,20-,21-,22-/m1/s1. The van der Waals surface area contributed by atoms with E-state index < -0.39 is 37.1 Å². The Balaban J connectivity index is 1.73. The second kappa shape index (κ2) is 7.95. The maximum Gasteiger partial charge on any atom is 0.147 e. The zero-order chi connectivity index (χ0) is 20.5. The van der Waals surface area contributed by atoms with Crippen LogP contribution in [0.3, 0.4) is 0 Å². The first kappa shape index (κ1) is 19.6. The summed E-state index contributed by atoms with van der Waals surface area (Å²) in [6.45, 7) is 1.54. The maximum atomic E-state index is 10.2. The quantitative estimate of drug-likeness (QED) is 0.409. The Morgan fingerprint density at radius 1 is 1.07 bits per heavy atom. The molecule has 0 amide bonds. The van der Waals surface area contributed by atoms with Crippen LogP contribution in [0.5, 0.6) is 0 Å². The van der Waals surface area contributed by atoms with Crippen molar-refractivity contribution in [2.24, 2.45) is 0 Å². The summed E-state index contributed by atoms with van der Waals surface area (Å²) >= 11 is 0. The number of H-pyrrole nitrogens is 1. The van der Waals surface area contributed by atoms with E-state index in [9.17, 15) is 20.4 Å². The van der Waals surface area contributed by atoms with Crippen LogP contribution in [0.1, 0.15) is 11.1 Å². The predicted molar refractivity (Wildman–Crippen MR) is 107 cm³/mol. The van der Waals surface area contributed by atoms with Crippen molar-refractivity contribution in [1.82, 2.24) is 10.2 Å². The molecule has 0 bridgehead atoms. The molecule has 0 unspecified atom stereocenters. The topological polar surface area (TPSA) is 119 Å². The molecule has 5 atom stereocenters. The summed E-state index contributed by atoms with van der Waals surface area (Å²) in [6.07, 6.45) is -4.57. The number of aromatic amines is 1. The van der Waals surface area contributed by atoms with Crippen molar-refractivity contribution < 1.29 is 25.2 Å². The highest BCUT2D eigenvalue weighted by molar-refractivity contribution is 5.89. The second-order valence-corrected chi connectivity index (χ2v) is 7.25. The lowest BCUT2D eigenvalue weighted by molar-refractivity contribution is -0.214. The number of aliphatic hydroxyl groups is 4. The van der Waals surface area contributed by atoms with E-state index in [0.717, 1.165) is 27.6 Å². The number of hydrogen-bond donors (Lipinski definition) is 5. The van der Waals surface area contributed by atoms with Crippen LogP contribution in [-0.4, -0.2) is 67.8 Å². The van der Waals surface area contributed by atoms with Crippen LogP contribution in [0, 0.1) is 18.8 Å². The molecule has 1 aliphatic rings. The van der Waals surface area contributed by atoms with Crippen molar-refractivity contribution in [1.29, 1.82) is 0 Å². The zero-order valence-electron chi connectivity index (χ0n) is 15.8. The van der Waals surface area contributed by atoms with E-state index in [1.165, 1.54) is 0 Å². The minimum absolute atomic E-state index is 0.489. The molecule has 1 saturated heterocycles. The third-order valence-electron chi connectivity index (χ3n) is 5.14. The Morgan fingerprint density at radius 2 is 1.90 bits per heavy atom. The highest BCUT2D eigenvalue weighted by Gasteiger charge is 2.42. The van der Waals surface area contributed by atoms with Gasteiger partial charge in [-0.3, -0.25) is 5.10 Å². The Hall–Kier alpha value is -2.73. The predicted octanol–water partition coefficient (Wildman–Crippen LogP) is 0.732. The van der Waals surface area contributed by atoms with Crippen molar-refractivity contribution in [3.8, 4) is 23.0 Å². The van der Waals surface area contributed by atoms with E-state index in [1.807, 2.05) is 37.3 Å². The summed E-state index contributed by atoms with van der Waals surface area (Å²) in [4.78, 5) is 0. The molecule has 7 nitrogen and oxygen atoms in total. The van der Waals surface area contributed by atoms with Crippen LogP contribution >= 0.6 is 0 Å². The van der Waals surface area contributed by atoms with Crippen molar-refractivity contribution in [3.05, 3.63) is 53.7 Å². The number of fused-ring (bicyclic) bond motifs is 1. The van der Waals surface area contributed by atoms with Gasteiger partial charge in [0.15, 0.2) is 0 Å². The molecule has 0 aliphatic carbocycles. The smallest absolute Gasteiger partial charge is 0.147 e. The molecular weight excluding hydrogens is 372 g/mol. The fraction of sp³-hybridized carbons (Fsp3) is 0.318. The minimum atomic E-state index is -1.45. The molecule has 5 N–H and O–H groups in total. The summed E-state index contributed by atoms with van der Waals surface area (Å²) in [5.41, 5.74) is 4.57. The maximum absolute atomic E-state index is 10.2. The summed E-state index contributed by atoms with van der Waals surface area (Å²) in [5.74, 6) is 5.82. The molecule has 2 heterocycles. The number of benzene rings is 2. The van der Waals surface area contributed by atoms with E-state index in [-0.39, 0.29) is 0 Å². The molecule has 0 saturated carbocycles. The Labute approximate surface area is 167 Å². The van der Waals surface area contributed by atoms with Gasteiger partial charge >= 0.3 is 0 Å². The number of nitrogens with zero attached hydrogens (tertiary/aromatic N) is 1. The molecule has 1 aliphatic heterocycles. The highest BCUT2D eigenvalue weighted by atomic mass is 16.5. The van der Waals surface area contributed by atoms with Crippen LogP contribution in [0.15, 0.2) is 42.6 Å². The summed E-state index contributed by atoms with van der Waals surface area (Å²) in [5, 5.41) is 47.3. The van der Waals surface area contributed by atoms with Crippen LogP contribution in [-0.2, 0) is 4.74 Å². The van der Waals surface area contributed by atoms with Gasteiger partial charge in [-0.25, -0.2) is 0 Å². The highest BCUT2D eigenvalue weighted by Crippen LogP contribution is 2.27. The van der Waals surface area contributed by atoms with Crippen LogP contribution in [0.4, 0.5) is 0 Å². The van der Waals surface area contributed by atoms with Gasteiger partial charge in [0.05, 0.1) is 23.9 Å². The average molecular weight is 394 g/mol. The molecule has 1 fully saturated rings. The monoisotopic (exact) mass is 394 g/mol. The summed E-state index contributed by atoms with van der Waals surface area (Å²) in [6, 6.07) is 12.1. The Bertz CT molecular complexity index is 1080. The summed E-state index contributed by atoms with van der Waals surface area (Å²) < 4.78 is 5.47. The van der Waals surface area contributed by atoms with Crippen molar-refractivity contribution in [3.63, 3.8) is 0 Å². The lowest BCUT2D eigenvalue weighted by atomic mass is 9.95. The molecule has 0 radical (unpaired) electrons. The lowest BCUT2D eigenvalue weighted by Crippen LogP contribution is -2.58. The average Bonchev–Trinajstić information content (AvgIpc) is 3.20. The van der Waals surface area contributed by atoms with Gasteiger partial charge < -0.3 is 25.2 Å². The van der Waals surface area contributed by atoms with Crippen molar-refractivity contribution >= 4 is 10.9 Å². The number of nitrogens with one attached hydrogen (secondary N) is 1. The van der Waals surface area contributed by atoms with Gasteiger partial charge in [-0.1, -0.05) is 41.7 Å². The fourth-order valence-electron chi connectivity index (χ4n) is 3.52. The van der Waals surface area contributed by atoms with Gasteiger partial charge in [-0.15, -0.1) is 0 Å². The molecule has 0 spiro atoms. The zero-order valence-corrected chi connectivity index (χ0v) is 15.8. The van der Waals surface area contributed by atoms with Gasteiger partial charge in [0.2, 0.25) is 0 Å². The molecular formula is C22H22N2O5. The van der Waals surface area contributed by atoms with Crippen LogP contribution in [0.2, 0.25) is 0 Å². The molecule has 1 aromatic heterocycles. The first-order valence-electron chi connectivity index (χ1n) is 9.34. The SMILES string of the molecule is Cc1cccc(-c2cc(C#C[C@H]3O[C@H](CO)[C@@H](O)[C@H](O)[C@@H]3O)c3[nH]ncc3c2)c1. The van der Waals surface area contributed by atoms with E-state index in [0.29, 0.717) is 5.56 Å². The van der Waals surface area contributed by atoms with Crippen molar-refractivity contribution in [2.75, 3.05) is 6.61 Å². The number of ether oxygens (including phenoxy) is 1. The lowest BCUT2D eigenvalue weighted by Gasteiger charge is -2.37. The van der Waals surface area contributed by atoms with E-state index >= 15 is 0 Å². The molecule has 2 aromatic carbocycles. The van der Waals surface area contributed by atoms with E-state index in [1.54, 1.807) is 6.20 Å². The summed E-state index contributed by atoms with van der Waals surface area (Å²) in [7, 11) is 0. The first-order valence-corrected chi connectivity index (χ1v) is 9.34. The number of aryl methyl sites for hydroxylation is 1. The van der Waals surface area contributed by atoms with Crippen LogP contribution in [0.25, 0.3) is 22.0 Å². The second-order valence-electron chi connectivity index (χ2n) is 7.25. The molecule has 7 heteroatoms. The Kier molecular flexibility index (Phi) is 5.37. The third-order valence-corrected chi connectivity index (χ3v) is 5.14. The number of aliphatic hydroxyl groups excluding tert-OH is 4. The molecule has 29 heavy (non-hydrogen) atoms. The number of aromatic nitrogens is 2. The van der Waals surface area contributed by atoms with Gasteiger partial charge in [-0.05, 0) is 30.2 Å². The van der Waals surface area contributed by atoms with Gasteiger partial charge in [-0.2, -0.15) is 5.10 Å².